The van der Waals surface area contributed by atoms with Crippen molar-refractivity contribution in [3.63, 3.8) is 0 Å². The van der Waals surface area contributed by atoms with Gasteiger partial charge in [0.25, 0.3) is 0 Å². The summed E-state index contributed by atoms with van der Waals surface area (Å²) in [6.07, 6.45) is 10.6. The number of pyridine rings is 5. The van der Waals surface area contributed by atoms with E-state index >= 15 is 4.39 Å². The van der Waals surface area contributed by atoms with E-state index in [2.05, 4.69) is 446 Å². The number of hydrogen-bond donors (Lipinski definition) is 0. The Morgan fingerprint density at radius 1 is 0.206 bits per heavy atom. The molecule has 0 aliphatic heterocycles. The summed E-state index contributed by atoms with van der Waals surface area (Å²) in [5.74, 6) is 1.09. The third kappa shape index (κ3) is 21.7. The molecule has 0 atom stereocenters. The maximum atomic E-state index is 15.3. The van der Waals surface area contributed by atoms with E-state index < -0.39 is 0 Å². The van der Waals surface area contributed by atoms with E-state index in [0.29, 0.717) is 29.6 Å². The van der Waals surface area contributed by atoms with Crippen molar-refractivity contribution in [3.05, 3.63) is 427 Å². The molecule has 0 aliphatic rings. The minimum atomic E-state index is -0.226. The fourth-order valence-corrected chi connectivity index (χ4v) is 20.7. The normalized spacial score (nSPS) is 11.3. The Kier molecular flexibility index (Phi) is 31.7. The number of halogens is 3. The Balaban J connectivity index is 0.000000141. The molecule has 18 rings (SSSR count). The molecule has 0 N–H and O–H groups in total. The van der Waals surface area contributed by atoms with Crippen molar-refractivity contribution in [3.8, 4) is 119 Å². The van der Waals surface area contributed by atoms with Crippen LogP contribution in [0.5, 0.6) is 0 Å². The monoisotopic (exact) mass is 1880 g/mol. The Hall–Kier alpha value is -14.3. The van der Waals surface area contributed by atoms with Crippen LogP contribution < -0.4 is 22.8 Å². The Labute approximate surface area is 837 Å². The number of aryl methyl sites for hydroxylation is 20. The molecule has 722 valence electrons. The number of hydrogen-bond acceptors (Lipinski definition) is 0. The minimum absolute atomic E-state index is 0.210. The highest BCUT2D eigenvalue weighted by Gasteiger charge is 2.33. The first-order valence-electron chi connectivity index (χ1n) is 49.8. The molecule has 0 bridgehead atoms. The van der Waals surface area contributed by atoms with E-state index in [0.717, 1.165) is 84.6 Å². The number of benzene rings is 8. The Bertz CT molecular complexity index is 7450. The molecule has 0 saturated heterocycles. The van der Waals surface area contributed by atoms with Crippen LogP contribution in [0.25, 0.3) is 119 Å². The lowest BCUT2D eigenvalue weighted by atomic mass is 9.88. The van der Waals surface area contributed by atoms with Crippen LogP contribution in [0, 0.1) is 122 Å². The quantitative estimate of drug-likeness (QED) is 0.0769. The van der Waals surface area contributed by atoms with Crippen LogP contribution in [0.3, 0.4) is 0 Å². The van der Waals surface area contributed by atoms with Gasteiger partial charge in [-0.1, -0.05) is 233 Å². The predicted molar refractivity (Wildman–Crippen MR) is 580 cm³/mol. The van der Waals surface area contributed by atoms with Crippen molar-refractivity contribution in [1.82, 2.24) is 22.8 Å². The van der Waals surface area contributed by atoms with Crippen LogP contribution in [0.1, 0.15) is 210 Å². The molecule has 18 aromatic rings. The summed E-state index contributed by atoms with van der Waals surface area (Å²) in [6.45, 7) is 53.7. The summed E-state index contributed by atoms with van der Waals surface area (Å²) < 4.78 is 66.0. The third-order valence-electron chi connectivity index (χ3n) is 27.2. The topological polar surface area (TPSA) is 44.0 Å². The largest absolute Gasteiger partial charge is 0.308 e. The molecule has 0 radical (unpaired) electrons. The van der Waals surface area contributed by atoms with Crippen LogP contribution >= 0.6 is 0 Å². The first-order chi connectivity index (χ1) is 67.1. The molecule has 0 fully saturated rings. The maximum Gasteiger partial charge on any atom is 0.229 e. The lowest BCUT2D eigenvalue weighted by Crippen LogP contribution is -2.32. The number of nitrogens with zero attached hydrogens (tertiary/aromatic N) is 10. The van der Waals surface area contributed by atoms with Crippen molar-refractivity contribution in [2.45, 2.75) is 203 Å². The summed E-state index contributed by atoms with van der Waals surface area (Å²) in [5.41, 5.74) is 47.2. The Morgan fingerprint density at radius 2 is 0.475 bits per heavy atom. The fourth-order valence-electron chi connectivity index (χ4n) is 20.7. The average Bonchev–Trinajstić information content (AvgIpc) is 1.62. The lowest BCUT2D eigenvalue weighted by Gasteiger charge is -2.25. The van der Waals surface area contributed by atoms with Crippen LogP contribution in [0.2, 0.25) is 0 Å². The van der Waals surface area contributed by atoms with E-state index in [1.807, 2.05) is 78.5 Å². The second-order valence-electron chi connectivity index (χ2n) is 40.5. The van der Waals surface area contributed by atoms with Gasteiger partial charge >= 0.3 is 0 Å². The zero-order chi connectivity index (χ0) is 102. The van der Waals surface area contributed by atoms with Crippen molar-refractivity contribution in [2.75, 3.05) is 0 Å². The van der Waals surface area contributed by atoms with Crippen LogP contribution in [0.15, 0.2) is 298 Å². The van der Waals surface area contributed by atoms with Gasteiger partial charge in [0.1, 0.15) is 63.7 Å². The van der Waals surface area contributed by atoms with Crippen molar-refractivity contribution >= 4 is 0 Å². The molecule has 141 heavy (non-hydrogen) atoms. The summed E-state index contributed by atoms with van der Waals surface area (Å²) >= 11 is 0. The molecule has 0 spiro atoms. The van der Waals surface area contributed by atoms with E-state index in [4.69, 9.17) is 0 Å². The first-order valence-corrected chi connectivity index (χ1v) is 49.8. The highest BCUT2D eigenvalue weighted by molar-refractivity contribution is 5.88. The lowest BCUT2D eigenvalue weighted by molar-refractivity contribution is -0.661. The summed E-state index contributed by atoms with van der Waals surface area (Å²) in [4.78, 5) is 0. The maximum absolute atomic E-state index is 15.3. The van der Waals surface area contributed by atoms with E-state index in [-0.39, 0.29) is 17.8 Å². The predicted octanol–water partition coefficient (Wildman–Crippen LogP) is 30.5. The van der Waals surface area contributed by atoms with E-state index in [1.54, 1.807) is 27.3 Å². The van der Waals surface area contributed by atoms with Crippen molar-refractivity contribution in [2.24, 2.45) is 35.2 Å². The molecule has 10 heterocycles. The summed E-state index contributed by atoms with van der Waals surface area (Å²) in [6, 6.07) is 93.1. The number of aromatic nitrogens is 10. The zero-order valence-electron chi connectivity index (χ0n) is 88.8. The van der Waals surface area contributed by atoms with Gasteiger partial charge in [-0.25, -0.2) is 0 Å². The number of rotatable bonds is 18. The van der Waals surface area contributed by atoms with Gasteiger partial charge in [-0.05, 0) is 301 Å². The highest BCUT2D eigenvalue weighted by atomic mass is 19.1. The smallest absolute Gasteiger partial charge is 0.229 e. The second kappa shape index (κ2) is 43.6. The van der Waals surface area contributed by atoms with E-state index in [1.165, 1.54) is 146 Å². The van der Waals surface area contributed by atoms with Gasteiger partial charge in [-0.15, -0.1) is 0 Å². The van der Waals surface area contributed by atoms with Gasteiger partial charge < -0.3 is 9.13 Å². The van der Waals surface area contributed by atoms with E-state index in [9.17, 15) is 8.78 Å². The standard InChI is InChI=1S/C31H29N2.C31H37N2.C24H30FN2.2C21H24FN2/c1-22-18-19-29(32(4)21-22)30-23(2)20-24(3)33(30)31-27(25-12-7-5-8-13-25)16-11-17-28(31)26-14-9-6-10-15-26;1-20(2)27-17-26(25-12-10-9-11-13-25)18-28(21(3)4)31(27)33-24(7)16-23(6)30(33)29-15-14-22(5)19-32(29)8;1-15(2)19-9-8-10-20(16(3)4)24(19)27-22(25)13-18(6)23(27)21-12-11-17(5)14-26(21)7;1-13-7-8-18(23(6)12-13)21-17(5)11-19(22)24(21)20-15(3)9-14(2)10-16(20)4;1-14(2)17-8-6-7-9-18(17)24-20(22)12-16(4)21(24)19-11-10-15(3)13-23(19)5/h5-21H,1-4H3;9-21H,1-8H3;8-16H,1-7H3;7-12H,1-6H3;6-14H,1-5H3/q5*+1. The molecule has 0 unspecified atom stereocenters. The first kappa shape index (κ1) is 103. The molecule has 10 nitrogen and oxygen atoms in total. The summed E-state index contributed by atoms with van der Waals surface area (Å²) in [7, 11) is 10.3. The number of para-hydroxylation sites is 3. The van der Waals surface area contributed by atoms with Crippen molar-refractivity contribution < 1.29 is 36.0 Å². The fraction of sp³-hybridized carbons (Fsp3) is 0.273. The summed E-state index contributed by atoms with van der Waals surface area (Å²) in [5, 5.41) is 0. The molecule has 0 aliphatic carbocycles. The van der Waals surface area contributed by atoms with Gasteiger partial charge in [0.2, 0.25) is 28.5 Å². The van der Waals surface area contributed by atoms with Gasteiger partial charge in [0, 0.05) is 80.7 Å². The molecular formula is C128H144F3N10+5. The van der Waals surface area contributed by atoms with Crippen molar-refractivity contribution in [1.29, 1.82) is 0 Å². The highest BCUT2D eigenvalue weighted by Crippen LogP contribution is 2.45. The average molecular weight is 1880 g/mol. The van der Waals surface area contributed by atoms with Crippen LogP contribution in [-0.4, -0.2) is 22.8 Å². The zero-order valence-corrected chi connectivity index (χ0v) is 88.8. The SMILES string of the molecule is Cc1cc(C)c(-n2c(F)cc(C)c2-c2ccc(C)c[n+]2C)c(C)c1.Cc1ccc(-c2c(C)cc(C)n2-c2c(-c3ccccc3)cccc2-c2ccccc2)[n+](C)c1.Cc1ccc(-c2c(C)cc(C)n2-c2c(C(C)C)cc(-c3ccccc3)cc2C(C)C)[n+](C)c1.Cc1ccc(-c2c(C)cc(F)n2-c2c(C(C)C)cccc2C(C)C)[n+](C)c1.Cc1ccc(-c2c(C)cc(F)n2-c2ccccc2C(C)C)[n+](C)c1. The molecular weight excluding hydrogens is 1730 g/mol. The third-order valence-corrected chi connectivity index (χ3v) is 27.2. The Morgan fingerprint density at radius 3 is 0.816 bits per heavy atom. The van der Waals surface area contributed by atoms with Crippen LogP contribution in [-0.2, 0) is 35.2 Å². The molecule has 8 aromatic carbocycles. The second-order valence-corrected chi connectivity index (χ2v) is 40.5. The van der Waals surface area contributed by atoms with Gasteiger partial charge in [-0.3, -0.25) is 13.7 Å². The van der Waals surface area contributed by atoms with Gasteiger partial charge in [-0.2, -0.15) is 36.0 Å². The van der Waals surface area contributed by atoms with Crippen LogP contribution in [0.4, 0.5) is 13.2 Å². The minimum Gasteiger partial charge on any atom is -0.308 e. The van der Waals surface area contributed by atoms with Gasteiger partial charge in [0.15, 0.2) is 48.8 Å². The van der Waals surface area contributed by atoms with Gasteiger partial charge in [0.05, 0.1) is 28.4 Å². The molecule has 13 heteroatoms. The molecule has 0 amide bonds. The molecule has 10 aromatic heterocycles. The molecule has 0 saturated carbocycles.